The van der Waals surface area contributed by atoms with E-state index in [0.717, 1.165) is 6.26 Å². The van der Waals surface area contributed by atoms with Crippen molar-refractivity contribution in [3.63, 3.8) is 0 Å². The van der Waals surface area contributed by atoms with Crippen molar-refractivity contribution < 1.29 is 21.6 Å². The minimum absolute atomic E-state index is 0. The first kappa shape index (κ1) is 24.7. The molecule has 1 fully saturated rings. The van der Waals surface area contributed by atoms with E-state index >= 15 is 0 Å². The van der Waals surface area contributed by atoms with Gasteiger partial charge in [0.2, 0.25) is 10.0 Å². The third-order valence-electron chi connectivity index (χ3n) is 3.86. The molecule has 150 valence electrons. The number of aliphatic imine (C=N–C) groups is 1. The van der Waals surface area contributed by atoms with Crippen molar-refractivity contribution in [2.24, 2.45) is 10.9 Å². The highest BCUT2D eigenvalue weighted by Crippen LogP contribution is 2.37. The predicted molar refractivity (Wildman–Crippen MR) is 104 cm³/mol. The van der Waals surface area contributed by atoms with Gasteiger partial charge in [-0.25, -0.2) is 13.1 Å². The number of halogens is 4. The molecule has 11 heteroatoms. The molecule has 2 atom stereocenters. The molecular weight excluding hydrogens is 472 g/mol. The van der Waals surface area contributed by atoms with E-state index in [1.807, 2.05) is 0 Å². The minimum atomic E-state index is -4.17. The van der Waals surface area contributed by atoms with Gasteiger partial charge in [-0.2, -0.15) is 13.2 Å². The Hall–Kier alpha value is -0.300. The maximum atomic E-state index is 12.9. The molecular formula is C14H28F3IN4O2S. The SMILES string of the molecule is CN=C(NCC(C)(C)NS(C)(=O)=O)NC1CCCC(C(F)(F)F)C1.I. The number of rotatable bonds is 5. The summed E-state index contributed by atoms with van der Waals surface area (Å²) >= 11 is 0. The molecule has 2 unspecified atom stereocenters. The lowest BCUT2D eigenvalue weighted by molar-refractivity contribution is -0.183. The standard InChI is InChI=1S/C14H27F3N4O2S.HI/c1-13(2,21-24(4,22)23)9-19-12(18-3)20-11-7-5-6-10(8-11)14(15,16)17;/h10-11,21H,5-9H2,1-4H3,(H2,18,19,20);1H. The van der Waals surface area contributed by atoms with Crippen LogP contribution in [0.1, 0.15) is 39.5 Å². The topological polar surface area (TPSA) is 82.6 Å². The van der Waals surface area contributed by atoms with Gasteiger partial charge in [-0.15, -0.1) is 24.0 Å². The predicted octanol–water partition coefficient (Wildman–Crippen LogP) is 2.22. The van der Waals surface area contributed by atoms with E-state index in [1.54, 1.807) is 13.8 Å². The van der Waals surface area contributed by atoms with Gasteiger partial charge in [0.15, 0.2) is 5.96 Å². The first-order valence-electron chi connectivity index (χ1n) is 7.85. The maximum absolute atomic E-state index is 12.9. The molecule has 0 bridgehead atoms. The van der Waals surface area contributed by atoms with E-state index in [0.29, 0.717) is 18.8 Å². The molecule has 0 aromatic rings. The summed E-state index contributed by atoms with van der Waals surface area (Å²) in [6, 6.07) is -0.303. The zero-order valence-electron chi connectivity index (χ0n) is 14.9. The Kier molecular flexibility index (Phi) is 9.47. The van der Waals surface area contributed by atoms with E-state index in [-0.39, 0.29) is 49.4 Å². The van der Waals surface area contributed by atoms with Crippen LogP contribution in [-0.4, -0.2) is 52.0 Å². The molecule has 0 heterocycles. The largest absolute Gasteiger partial charge is 0.391 e. The van der Waals surface area contributed by atoms with Crippen molar-refractivity contribution in [2.75, 3.05) is 19.8 Å². The van der Waals surface area contributed by atoms with Crippen molar-refractivity contribution in [1.29, 1.82) is 0 Å². The maximum Gasteiger partial charge on any atom is 0.391 e. The average Bonchev–Trinajstić information content (AvgIpc) is 2.40. The van der Waals surface area contributed by atoms with Gasteiger partial charge in [0, 0.05) is 25.2 Å². The summed E-state index contributed by atoms with van der Waals surface area (Å²) in [7, 11) is -1.84. The lowest BCUT2D eigenvalue weighted by Crippen LogP contribution is -2.54. The molecule has 25 heavy (non-hydrogen) atoms. The summed E-state index contributed by atoms with van der Waals surface area (Å²) < 4.78 is 63.7. The van der Waals surface area contributed by atoms with Gasteiger partial charge in [-0.3, -0.25) is 4.99 Å². The van der Waals surface area contributed by atoms with Gasteiger partial charge in [-0.05, 0) is 33.1 Å². The highest BCUT2D eigenvalue weighted by Gasteiger charge is 2.42. The van der Waals surface area contributed by atoms with Gasteiger partial charge < -0.3 is 10.6 Å². The van der Waals surface area contributed by atoms with E-state index in [1.165, 1.54) is 7.05 Å². The summed E-state index contributed by atoms with van der Waals surface area (Å²) in [5.74, 6) is -0.920. The summed E-state index contributed by atoms with van der Waals surface area (Å²) in [6.07, 6.45) is -1.74. The smallest absolute Gasteiger partial charge is 0.355 e. The summed E-state index contributed by atoms with van der Waals surface area (Å²) in [5, 5.41) is 5.97. The second kappa shape index (κ2) is 9.58. The van der Waals surface area contributed by atoms with E-state index in [2.05, 4.69) is 20.3 Å². The molecule has 1 aliphatic rings. The molecule has 0 aromatic heterocycles. The third kappa shape index (κ3) is 9.83. The van der Waals surface area contributed by atoms with Crippen LogP contribution < -0.4 is 15.4 Å². The Morgan fingerprint density at radius 3 is 2.32 bits per heavy atom. The van der Waals surface area contributed by atoms with Crippen LogP contribution in [0.15, 0.2) is 4.99 Å². The number of guanidine groups is 1. The van der Waals surface area contributed by atoms with E-state index < -0.39 is 27.7 Å². The fourth-order valence-corrected chi connectivity index (χ4v) is 3.92. The molecule has 0 radical (unpaired) electrons. The molecule has 1 saturated carbocycles. The zero-order valence-corrected chi connectivity index (χ0v) is 18.1. The summed E-state index contributed by atoms with van der Waals surface area (Å²) in [4.78, 5) is 4.00. The van der Waals surface area contributed by atoms with Gasteiger partial charge in [0.1, 0.15) is 0 Å². The molecule has 1 aliphatic carbocycles. The van der Waals surface area contributed by atoms with Crippen LogP contribution in [-0.2, 0) is 10.0 Å². The number of nitrogens with zero attached hydrogens (tertiary/aromatic N) is 1. The highest BCUT2D eigenvalue weighted by atomic mass is 127. The molecule has 6 nitrogen and oxygen atoms in total. The molecule has 0 aliphatic heterocycles. The van der Waals surface area contributed by atoms with Gasteiger partial charge >= 0.3 is 6.18 Å². The van der Waals surface area contributed by atoms with Crippen LogP contribution in [0.4, 0.5) is 13.2 Å². The van der Waals surface area contributed by atoms with Crippen LogP contribution in [0.25, 0.3) is 0 Å². The number of hydrogen-bond acceptors (Lipinski definition) is 3. The van der Waals surface area contributed by atoms with Crippen molar-refractivity contribution in [1.82, 2.24) is 15.4 Å². The Labute approximate surface area is 164 Å². The van der Waals surface area contributed by atoms with Crippen LogP contribution in [0.5, 0.6) is 0 Å². The van der Waals surface area contributed by atoms with Crippen molar-refractivity contribution in [3.8, 4) is 0 Å². The van der Waals surface area contributed by atoms with Crippen LogP contribution in [0.3, 0.4) is 0 Å². The van der Waals surface area contributed by atoms with E-state index in [4.69, 9.17) is 0 Å². The van der Waals surface area contributed by atoms with Crippen molar-refractivity contribution in [3.05, 3.63) is 0 Å². The second-order valence-electron chi connectivity index (χ2n) is 6.93. The summed E-state index contributed by atoms with van der Waals surface area (Å²) in [6.45, 7) is 3.65. The summed E-state index contributed by atoms with van der Waals surface area (Å²) in [5.41, 5.74) is -0.758. The zero-order chi connectivity index (χ0) is 18.6. The van der Waals surface area contributed by atoms with E-state index in [9.17, 15) is 21.6 Å². The number of sulfonamides is 1. The highest BCUT2D eigenvalue weighted by molar-refractivity contribution is 14.0. The third-order valence-corrected chi connectivity index (χ3v) is 4.78. The fraction of sp³-hybridized carbons (Fsp3) is 0.929. The molecule has 0 saturated heterocycles. The lowest BCUT2D eigenvalue weighted by atomic mass is 9.85. The molecule has 0 aromatic carbocycles. The normalized spacial score (nSPS) is 22.9. The number of hydrogen-bond donors (Lipinski definition) is 3. The molecule has 3 N–H and O–H groups in total. The Morgan fingerprint density at radius 1 is 1.24 bits per heavy atom. The first-order valence-corrected chi connectivity index (χ1v) is 9.74. The minimum Gasteiger partial charge on any atom is -0.355 e. The monoisotopic (exact) mass is 500 g/mol. The quantitative estimate of drug-likeness (QED) is 0.307. The molecule has 0 spiro atoms. The van der Waals surface area contributed by atoms with Crippen molar-refractivity contribution >= 4 is 40.0 Å². The van der Waals surface area contributed by atoms with Crippen molar-refractivity contribution in [2.45, 2.75) is 57.3 Å². The van der Waals surface area contributed by atoms with Gasteiger partial charge in [0.25, 0.3) is 0 Å². The lowest BCUT2D eigenvalue weighted by Gasteiger charge is -2.32. The molecule has 0 amide bonds. The van der Waals surface area contributed by atoms with Crippen LogP contribution in [0.2, 0.25) is 0 Å². The van der Waals surface area contributed by atoms with Crippen LogP contribution in [0, 0.1) is 5.92 Å². The Bertz CT molecular complexity index is 553. The first-order chi connectivity index (χ1) is 10.8. The second-order valence-corrected chi connectivity index (χ2v) is 8.68. The number of alkyl halides is 3. The van der Waals surface area contributed by atoms with Gasteiger partial charge in [-0.1, -0.05) is 6.42 Å². The van der Waals surface area contributed by atoms with Gasteiger partial charge in [0.05, 0.1) is 12.2 Å². The number of nitrogens with one attached hydrogen (secondary N) is 3. The average molecular weight is 500 g/mol. The Balaban J connectivity index is 0.00000576. The molecule has 1 rings (SSSR count). The Morgan fingerprint density at radius 2 is 1.84 bits per heavy atom. The fourth-order valence-electron chi connectivity index (χ4n) is 2.85. The van der Waals surface area contributed by atoms with Crippen LogP contribution >= 0.6 is 24.0 Å².